The van der Waals surface area contributed by atoms with E-state index in [0.29, 0.717) is 37.3 Å². The van der Waals surface area contributed by atoms with Gasteiger partial charge in [0.1, 0.15) is 11.6 Å². The van der Waals surface area contributed by atoms with Crippen LogP contribution in [-0.4, -0.2) is 24.8 Å². The Morgan fingerprint density at radius 1 is 1.47 bits per heavy atom. The van der Waals surface area contributed by atoms with E-state index in [4.69, 9.17) is 26.8 Å². The van der Waals surface area contributed by atoms with Crippen molar-refractivity contribution in [1.29, 1.82) is 0 Å². The Hall–Kier alpha value is -0.840. The lowest BCUT2D eigenvalue weighted by Gasteiger charge is -2.07. The largest absolute Gasteiger partial charge is 0.474 e. The summed E-state index contributed by atoms with van der Waals surface area (Å²) in [5.74, 6) is 0.425. The topological polar surface area (TPSA) is 57.4 Å². The third-order valence-corrected chi connectivity index (χ3v) is 2.04. The fourth-order valence-corrected chi connectivity index (χ4v) is 1.27. The van der Waals surface area contributed by atoms with E-state index in [1.165, 1.54) is 0 Å². The molecule has 1 heterocycles. The molecule has 0 radical (unpaired) electrons. The predicted octanol–water partition coefficient (Wildman–Crippen LogP) is 1.61. The second-order valence-corrected chi connectivity index (χ2v) is 3.29. The van der Waals surface area contributed by atoms with Gasteiger partial charge in [0, 0.05) is 19.3 Å². The van der Waals surface area contributed by atoms with Crippen LogP contribution < -0.4 is 10.5 Å². The van der Waals surface area contributed by atoms with Crippen LogP contribution >= 0.6 is 11.6 Å². The van der Waals surface area contributed by atoms with Crippen molar-refractivity contribution in [2.24, 2.45) is 5.73 Å². The third kappa shape index (κ3) is 4.03. The highest BCUT2D eigenvalue weighted by molar-refractivity contribution is 6.31. The first-order chi connectivity index (χ1) is 7.27. The van der Waals surface area contributed by atoms with Crippen molar-refractivity contribution in [1.82, 2.24) is 4.98 Å². The molecule has 1 aromatic heterocycles. The molecule has 0 saturated carbocycles. The highest BCUT2D eigenvalue weighted by atomic mass is 35.5. The maximum Gasteiger partial charge on any atom is 0.232 e. The minimum atomic E-state index is 0.423. The molecule has 0 aliphatic heterocycles. The van der Waals surface area contributed by atoms with Crippen LogP contribution in [0.4, 0.5) is 0 Å². The molecule has 0 aliphatic carbocycles. The van der Waals surface area contributed by atoms with Gasteiger partial charge in [-0.2, -0.15) is 0 Å². The number of aromatic nitrogens is 1. The highest BCUT2D eigenvalue weighted by Gasteiger charge is 2.03. The molecule has 0 fully saturated rings. The molecule has 0 unspecified atom stereocenters. The fraction of sp³-hybridized carbons (Fsp3) is 0.500. The molecule has 0 aromatic carbocycles. The van der Waals surface area contributed by atoms with E-state index in [1.807, 2.05) is 6.92 Å². The first-order valence-electron chi connectivity index (χ1n) is 4.83. The van der Waals surface area contributed by atoms with Gasteiger partial charge in [0.2, 0.25) is 5.88 Å². The van der Waals surface area contributed by atoms with Crippen LogP contribution in [0.15, 0.2) is 12.3 Å². The van der Waals surface area contributed by atoms with Gasteiger partial charge >= 0.3 is 0 Å². The van der Waals surface area contributed by atoms with Gasteiger partial charge in [0.25, 0.3) is 0 Å². The monoisotopic (exact) mass is 230 g/mol. The van der Waals surface area contributed by atoms with E-state index < -0.39 is 0 Å². The number of hydrogen-bond acceptors (Lipinski definition) is 4. The van der Waals surface area contributed by atoms with Gasteiger partial charge < -0.3 is 15.2 Å². The van der Waals surface area contributed by atoms with Gasteiger partial charge in [-0.3, -0.25) is 0 Å². The molecule has 0 saturated heterocycles. The molecule has 2 N–H and O–H groups in total. The van der Waals surface area contributed by atoms with Crippen molar-refractivity contribution in [3.8, 4) is 5.88 Å². The van der Waals surface area contributed by atoms with E-state index in [0.717, 1.165) is 5.56 Å². The summed E-state index contributed by atoms with van der Waals surface area (Å²) in [4.78, 5) is 4.06. The number of rotatable bonds is 6. The molecule has 15 heavy (non-hydrogen) atoms. The van der Waals surface area contributed by atoms with Crippen molar-refractivity contribution in [2.75, 3.05) is 19.8 Å². The quantitative estimate of drug-likeness (QED) is 0.755. The average Bonchev–Trinajstić information content (AvgIpc) is 2.26. The first kappa shape index (κ1) is 12.2. The van der Waals surface area contributed by atoms with Crippen LogP contribution in [0, 0.1) is 0 Å². The van der Waals surface area contributed by atoms with Crippen molar-refractivity contribution in [2.45, 2.75) is 13.5 Å². The molecule has 0 spiro atoms. The summed E-state index contributed by atoms with van der Waals surface area (Å²) in [7, 11) is 0. The van der Waals surface area contributed by atoms with Crippen molar-refractivity contribution >= 4 is 11.6 Å². The standard InChI is InChI=1S/C10H15ClN2O2/c1-2-14-3-4-15-10-9(11)5-8(6-12)7-13-10/h5,7H,2-4,6,12H2,1H3. The molecule has 0 bridgehead atoms. The van der Waals surface area contributed by atoms with Crippen LogP contribution in [0.1, 0.15) is 12.5 Å². The van der Waals surface area contributed by atoms with Gasteiger partial charge in [0.15, 0.2) is 0 Å². The Kier molecular flexibility index (Phi) is 5.39. The maximum absolute atomic E-state index is 5.94. The number of nitrogens with zero attached hydrogens (tertiary/aromatic N) is 1. The second-order valence-electron chi connectivity index (χ2n) is 2.88. The van der Waals surface area contributed by atoms with E-state index >= 15 is 0 Å². The Labute approximate surface area is 94.3 Å². The minimum Gasteiger partial charge on any atom is -0.474 e. The lowest BCUT2D eigenvalue weighted by molar-refractivity contribution is 0.108. The third-order valence-electron chi connectivity index (χ3n) is 1.77. The SMILES string of the molecule is CCOCCOc1ncc(CN)cc1Cl. The molecule has 0 amide bonds. The molecule has 84 valence electrons. The van der Waals surface area contributed by atoms with Gasteiger partial charge in [-0.25, -0.2) is 4.98 Å². The predicted molar refractivity (Wildman–Crippen MR) is 59.1 cm³/mol. The van der Waals surface area contributed by atoms with E-state index in [1.54, 1.807) is 12.3 Å². The summed E-state index contributed by atoms with van der Waals surface area (Å²) in [6.07, 6.45) is 1.65. The summed E-state index contributed by atoms with van der Waals surface area (Å²) in [6.45, 7) is 4.01. The molecule has 0 aliphatic rings. The van der Waals surface area contributed by atoms with Crippen LogP contribution in [0.3, 0.4) is 0 Å². The summed E-state index contributed by atoms with van der Waals surface area (Å²) >= 11 is 5.94. The lowest BCUT2D eigenvalue weighted by Crippen LogP contribution is -2.08. The van der Waals surface area contributed by atoms with Crippen LogP contribution in [-0.2, 0) is 11.3 Å². The van der Waals surface area contributed by atoms with Crippen LogP contribution in [0.2, 0.25) is 5.02 Å². The summed E-state index contributed by atoms with van der Waals surface area (Å²) in [6, 6.07) is 1.75. The molecule has 0 atom stereocenters. The minimum absolute atomic E-state index is 0.423. The smallest absolute Gasteiger partial charge is 0.232 e. The number of hydrogen-bond donors (Lipinski definition) is 1. The van der Waals surface area contributed by atoms with Gasteiger partial charge in [-0.15, -0.1) is 0 Å². The lowest BCUT2D eigenvalue weighted by atomic mass is 10.3. The van der Waals surface area contributed by atoms with Gasteiger partial charge in [-0.1, -0.05) is 11.6 Å². The zero-order chi connectivity index (χ0) is 11.1. The zero-order valence-electron chi connectivity index (χ0n) is 8.70. The Morgan fingerprint density at radius 2 is 2.27 bits per heavy atom. The Bertz CT molecular complexity index is 307. The highest BCUT2D eigenvalue weighted by Crippen LogP contribution is 2.21. The van der Waals surface area contributed by atoms with Gasteiger partial charge in [0.05, 0.1) is 6.61 Å². The Morgan fingerprint density at radius 3 is 2.87 bits per heavy atom. The van der Waals surface area contributed by atoms with E-state index in [2.05, 4.69) is 4.98 Å². The number of halogens is 1. The number of nitrogens with two attached hydrogens (primary N) is 1. The first-order valence-corrected chi connectivity index (χ1v) is 5.20. The van der Waals surface area contributed by atoms with E-state index in [-0.39, 0.29) is 0 Å². The molecule has 1 aromatic rings. The average molecular weight is 231 g/mol. The maximum atomic E-state index is 5.94. The van der Waals surface area contributed by atoms with Crippen molar-refractivity contribution in [3.63, 3.8) is 0 Å². The fourth-order valence-electron chi connectivity index (χ4n) is 1.02. The number of pyridine rings is 1. The molecular weight excluding hydrogens is 216 g/mol. The normalized spacial score (nSPS) is 10.3. The van der Waals surface area contributed by atoms with Crippen LogP contribution in [0.25, 0.3) is 0 Å². The van der Waals surface area contributed by atoms with Gasteiger partial charge in [-0.05, 0) is 18.6 Å². The Balaban J connectivity index is 2.47. The van der Waals surface area contributed by atoms with E-state index in [9.17, 15) is 0 Å². The zero-order valence-corrected chi connectivity index (χ0v) is 9.46. The molecule has 4 nitrogen and oxygen atoms in total. The summed E-state index contributed by atoms with van der Waals surface area (Å²) in [5, 5.41) is 0.481. The van der Waals surface area contributed by atoms with Crippen LogP contribution in [0.5, 0.6) is 5.88 Å². The summed E-state index contributed by atoms with van der Waals surface area (Å²) in [5.41, 5.74) is 6.34. The molecule has 1 rings (SSSR count). The summed E-state index contributed by atoms with van der Waals surface area (Å²) < 4.78 is 10.5. The number of ether oxygens (including phenoxy) is 2. The van der Waals surface area contributed by atoms with Crippen molar-refractivity contribution < 1.29 is 9.47 Å². The van der Waals surface area contributed by atoms with Crippen molar-refractivity contribution in [3.05, 3.63) is 22.8 Å². The molecular formula is C10H15ClN2O2. The molecule has 5 heteroatoms. The second kappa shape index (κ2) is 6.61.